The molecular formula is C23H17ClN2O4. The highest BCUT2D eigenvalue weighted by Gasteiger charge is 2.14. The van der Waals surface area contributed by atoms with Crippen molar-refractivity contribution in [1.29, 1.82) is 5.26 Å². The molecule has 2 N–H and O–H groups in total. The van der Waals surface area contributed by atoms with Crippen LogP contribution in [0.1, 0.15) is 27.2 Å². The molecule has 0 spiro atoms. The molecule has 0 bridgehead atoms. The van der Waals surface area contributed by atoms with Gasteiger partial charge in [-0.3, -0.25) is 4.79 Å². The van der Waals surface area contributed by atoms with Crippen LogP contribution >= 0.6 is 11.6 Å². The Morgan fingerprint density at radius 1 is 1.10 bits per heavy atom. The highest BCUT2D eigenvalue weighted by molar-refractivity contribution is 6.33. The number of aromatic carboxylic acids is 1. The lowest BCUT2D eigenvalue weighted by atomic mass is 10.1. The molecular weight excluding hydrogens is 404 g/mol. The predicted octanol–water partition coefficient (Wildman–Crippen LogP) is 5.46. The van der Waals surface area contributed by atoms with E-state index in [2.05, 4.69) is 5.32 Å². The van der Waals surface area contributed by atoms with E-state index in [1.54, 1.807) is 18.2 Å². The van der Waals surface area contributed by atoms with Crippen LogP contribution in [0.4, 0.5) is 5.69 Å². The number of amides is 1. The van der Waals surface area contributed by atoms with Gasteiger partial charge in [-0.2, -0.15) is 5.26 Å². The lowest BCUT2D eigenvalue weighted by molar-refractivity contribution is -0.112. The summed E-state index contributed by atoms with van der Waals surface area (Å²) >= 11 is 6.16. The number of nitrogens with zero attached hydrogens (tertiary/aromatic N) is 1. The van der Waals surface area contributed by atoms with Crippen molar-refractivity contribution in [3.05, 3.63) is 81.6 Å². The molecule has 0 fully saturated rings. The number of nitriles is 1. The fourth-order valence-electron chi connectivity index (χ4n) is 2.73. The summed E-state index contributed by atoms with van der Waals surface area (Å²) in [7, 11) is 0. The molecule has 3 rings (SSSR count). The Hall–Kier alpha value is -3.82. The minimum Gasteiger partial charge on any atom is -0.478 e. The van der Waals surface area contributed by atoms with E-state index in [0.29, 0.717) is 22.0 Å². The normalized spacial score (nSPS) is 11.1. The monoisotopic (exact) mass is 420 g/mol. The third-order valence-electron chi connectivity index (χ3n) is 4.52. The second kappa shape index (κ2) is 8.68. The van der Waals surface area contributed by atoms with Crippen molar-refractivity contribution in [3.63, 3.8) is 0 Å². The van der Waals surface area contributed by atoms with Crippen LogP contribution in [-0.4, -0.2) is 17.0 Å². The number of aryl methyl sites for hydroxylation is 2. The Kier molecular flexibility index (Phi) is 6.05. The maximum atomic E-state index is 12.5. The number of rotatable bonds is 5. The average Bonchev–Trinajstić information content (AvgIpc) is 3.17. The first-order chi connectivity index (χ1) is 14.3. The van der Waals surface area contributed by atoms with Crippen molar-refractivity contribution in [2.24, 2.45) is 0 Å². The van der Waals surface area contributed by atoms with E-state index in [1.807, 2.05) is 32.0 Å². The molecule has 1 aromatic heterocycles. The topological polar surface area (TPSA) is 103 Å². The number of halogens is 1. The van der Waals surface area contributed by atoms with E-state index >= 15 is 0 Å². The highest BCUT2D eigenvalue weighted by atomic mass is 35.5. The maximum Gasteiger partial charge on any atom is 0.335 e. The molecule has 2 aromatic carbocycles. The predicted molar refractivity (Wildman–Crippen MR) is 114 cm³/mol. The van der Waals surface area contributed by atoms with Crippen LogP contribution in [0.3, 0.4) is 0 Å². The molecule has 0 unspecified atom stereocenters. The van der Waals surface area contributed by atoms with Crippen LogP contribution in [-0.2, 0) is 4.79 Å². The van der Waals surface area contributed by atoms with Crippen LogP contribution in [0.5, 0.6) is 0 Å². The molecule has 0 atom stereocenters. The molecule has 3 aromatic rings. The van der Waals surface area contributed by atoms with Crippen LogP contribution in [0.15, 0.2) is 58.5 Å². The van der Waals surface area contributed by atoms with Crippen LogP contribution in [0.25, 0.3) is 17.4 Å². The summed E-state index contributed by atoms with van der Waals surface area (Å²) in [5.74, 6) is -1.08. The largest absolute Gasteiger partial charge is 0.478 e. The fourth-order valence-corrected chi connectivity index (χ4v) is 2.94. The molecule has 0 aliphatic rings. The molecule has 1 amide bonds. The molecule has 150 valence electrons. The second-order valence-electron chi connectivity index (χ2n) is 6.62. The molecule has 0 saturated carbocycles. The standard InChI is InChI=1S/C23H17ClN2O4/c1-13-3-5-17(9-14(13)2)26-22(27)16(12-25)10-18-6-8-21(30-18)19-11-15(23(28)29)4-7-20(19)24/h3-11H,1-2H3,(H,26,27)(H,28,29)/b16-10-. The minimum atomic E-state index is -1.09. The molecule has 0 saturated heterocycles. The number of carbonyl (C=O) groups excluding carboxylic acids is 1. The third kappa shape index (κ3) is 4.59. The van der Waals surface area contributed by atoms with Crippen molar-refractivity contribution in [1.82, 2.24) is 0 Å². The first-order valence-corrected chi connectivity index (χ1v) is 9.29. The smallest absolute Gasteiger partial charge is 0.335 e. The highest BCUT2D eigenvalue weighted by Crippen LogP contribution is 2.31. The second-order valence-corrected chi connectivity index (χ2v) is 7.03. The van der Waals surface area contributed by atoms with Crippen LogP contribution < -0.4 is 5.32 Å². The van der Waals surface area contributed by atoms with Gasteiger partial charge in [-0.15, -0.1) is 0 Å². The molecule has 30 heavy (non-hydrogen) atoms. The van der Waals surface area contributed by atoms with E-state index < -0.39 is 11.9 Å². The number of carboxylic acids is 1. The van der Waals surface area contributed by atoms with E-state index in [4.69, 9.17) is 21.1 Å². The Labute approximate surface area is 178 Å². The third-order valence-corrected chi connectivity index (χ3v) is 4.85. The molecule has 0 aliphatic heterocycles. The molecule has 0 radical (unpaired) electrons. The number of anilines is 1. The van der Waals surface area contributed by atoms with Gasteiger partial charge in [-0.25, -0.2) is 4.79 Å². The van der Waals surface area contributed by atoms with Gasteiger partial charge in [0.15, 0.2) is 0 Å². The Balaban J connectivity index is 1.86. The summed E-state index contributed by atoms with van der Waals surface area (Å²) < 4.78 is 5.67. The summed E-state index contributed by atoms with van der Waals surface area (Å²) in [5.41, 5.74) is 3.02. The number of carbonyl (C=O) groups is 2. The molecule has 7 heteroatoms. The van der Waals surface area contributed by atoms with Crippen LogP contribution in [0, 0.1) is 25.2 Å². The zero-order valence-electron chi connectivity index (χ0n) is 16.2. The van der Waals surface area contributed by atoms with E-state index in [9.17, 15) is 14.9 Å². The minimum absolute atomic E-state index is 0.0633. The number of benzene rings is 2. The molecule has 6 nitrogen and oxygen atoms in total. The van der Waals surface area contributed by atoms with Crippen molar-refractivity contribution >= 4 is 35.2 Å². The van der Waals surface area contributed by atoms with Gasteiger partial charge in [0.25, 0.3) is 5.91 Å². The van der Waals surface area contributed by atoms with Gasteiger partial charge in [0.1, 0.15) is 23.2 Å². The zero-order chi connectivity index (χ0) is 21.8. The van der Waals surface area contributed by atoms with Gasteiger partial charge >= 0.3 is 5.97 Å². The van der Waals surface area contributed by atoms with E-state index in [-0.39, 0.29) is 16.9 Å². The first-order valence-electron chi connectivity index (χ1n) is 8.92. The van der Waals surface area contributed by atoms with Crippen LogP contribution in [0.2, 0.25) is 5.02 Å². The quantitative estimate of drug-likeness (QED) is 0.421. The van der Waals surface area contributed by atoms with E-state index in [0.717, 1.165) is 11.1 Å². The summed E-state index contributed by atoms with van der Waals surface area (Å²) in [6.07, 6.45) is 1.31. The maximum absolute atomic E-state index is 12.5. The Morgan fingerprint density at radius 2 is 1.87 bits per heavy atom. The number of hydrogen-bond donors (Lipinski definition) is 2. The summed E-state index contributed by atoms with van der Waals surface area (Å²) in [5, 5.41) is 21.6. The SMILES string of the molecule is Cc1ccc(NC(=O)/C(C#N)=C\c2ccc(-c3cc(C(=O)O)ccc3Cl)o2)cc1C. The lowest BCUT2D eigenvalue weighted by Gasteiger charge is -2.07. The summed E-state index contributed by atoms with van der Waals surface area (Å²) in [6, 6.07) is 14.8. The number of hydrogen-bond acceptors (Lipinski definition) is 4. The number of carboxylic acid groups (broad SMARTS) is 1. The van der Waals surface area contributed by atoms with Gasteiger partial charge < -0.3 is 14.8 Å². The molecule has 0 aliphatic carbocycles. The zero-order valence-corrected chi connectivity index (χ0v) is 16.9. The number of nitrogens with one attached hydrogen (secondary N) is 1. The van der Waals surface area contributed by atoms with Crippen molar-refractivity contribution < 1.29 is 19.1 Å². The average molecular weight is 421 g/mol. The van der Waals surface area contributed by atoms with Gasteiger partial charge in [0.05, 0.1) is 10.6 Å². The Bertz CT molecular complexity index is 1220. The van der Waals surface area contributed by atoms with Gasteiger partial charge in [-0.1, -0.05) is 17.7 Å². The lowest BCUT2D eigenvalue weighted by Crippen LogP contribution is -2.13. The molecule has 1 heterocycles. The summed E-state index contributed by atoms with van der Waals surface area (Å²) in [4.78, 5) is 23.7. The van der Waals surface area contributed by atoms with Crippen molar-refractivity contribution in [2.75, 3.05) is 5.32 Å². The summed E-state index contributed by atoms with van der Waals surface area (Å²) in [6.45, 7) is 3.90. The van der Waals surface area contributed by atoms with Gasteiger partial charge in [0, 0.05) is 17.3 Å². The van der Waals surface area contributed by atoms with E-state index in [1.165, 1.54) is 24.3 Å². The fraction of sp³-hybridized carbons (Fsp3) is 0.0870. The first kappa shape index (κ1) is 20.9. The van der Waals surface area contributed by atoms with Gasteiger partial charge in [0.2, 0.25) is 0 Å². The van der Waals surface area contributed by atoms with Crippen molar-refractivity contribution in [2.45, 2.75) is 13.8 Å². The number of furan rings is 1. The Morgan fingerprint density at radius 3 is 2.53 bits per heavy atom. The van der Waals surface area contributed by atoms with Gasteiger partial charge in [-0.05, 0) is 67.4 Å². The van der Waals surface area contributed by atoms with Crippen molar-refractivity contribution in [3.8, 4) is 17.4 Å².